The molecule has 2 aliphatic rings. The van der Waals surface area contributed by atoms with Gasteiger partial charge in [0.15, 0.2) is 0 Å². The summed E-state index contributed by atoms with van der Waals surface area (Å²) in [5.41, 5.74) is 1.91. The average Bonchev–Trinajstić information content (AvgIpc) is 2.65. The van der Waals surface area contributed by atoms with Gasteiger partial charge in [-0.2, -0.15) is 0 Å². The van der Waals surface area contributed by atoms with Gasteiger partial charge in [0.2, 0.25) is 5.91 Å². The lowest BCUT2D eigenvalue weighted by molar-refractivity contribution is -0.131. The van der Waals surface area contributed by atoms with E-state index in [9.17, 15) is 9.59 Å². The molecule has 1 aliphatic heterocycles. The van der Waals surface area contributed by atoms with Crippen LogP contribution in [0.25, 0.3) is 0 Å². The van der Waals surface area contributed by atoms with E-state index in [-0.39, 0.29) is 18.0 Å². The number of carbonyl (C=O) groups excluding carboxylic acids is 2. The molecule has 0 spiro atoms. The summed E-state index contributed by atoms with van der Waals surface area (Å²) in [5, 5.41) is 6.18. The van der Waals surface area contributed by atoms with E-state index in [0.717, 1.165) is 36.9 Å². The molecule has 3 rings (SSSR count). The fourth-order valence-electron chi connectivity index (χ4n) is 3.82. The quantitative estimate of drug-likeness (QED) is 0.869. The molecule has 2 N–H and O–H groups in total. The lowest BCUT2D eigenvalue weighted by atomic mass is 9.96. The molecule has 142 valence electrons. The van der Waals surface area contributed by atoms with Crippen LogP contribution in [0.3, 0.4) is 0 Å². The third-order valence-corrected chi connectivity index (χ3v) is 5.45. The lowest BCUT2D eigenvalue weighted by Gasteiger charge is -2.33. The molecular formula is C20H30N4O2. The molecule has 2 heterocycles. The van der Waals surface area contributed by atoms with Crippen molar-refractivity contribution in [3.8, 4) is 0 Å². The monoisotopic (exact) mass is 358 g/mol. The highest BCUT2D eigenvalue weighted by atomic mass is 16.2. The van der Waals surface area contributed by atoms with E-state index in [1.165, 1.54) is 19.3 Å². The first-order chi connectivity index (χ1) is 12.6. The first kappa shape index (κ1) is 18.7. The molecule has 0 atom stereocenters. The van der Waals surface area contributed by atoms with E-state index in [0.29, 0.717) is 25.6 Å². The number of urea groups is 1. The van der Waals surface area contributed by atoms with Gasteiger partial charge >= 0.3 is 6.03 Å². The molecule has 26 heavy (non-hydrogen) atoms. The fourth-order valence-corrected chi connectivity index (χ4v) is 3.82. The van der Waals surface area contributed by atoms with Crippen molar-refractivity contribution in [3.63, 3.8) is 0 Å². The van der Waals surface area contributed by atoms with E-state index in [1.807, 2.05) is 24.0 Å². The van der Waals surface area contributed by atoms with Crippen molar-refractivity contribution < 1.29 is 9.59 Å². The van der Waals surface area contributed by atoms with Gasteiger partial charge < -0.3 is 15.5 Å². The summed E-state index contributed by atoms with van der Waals surface area (Å²) in [4.78, 5) is 30.7. The Labute approximate surface area is 155 Å². The summed E-state index contributed by atoms with van der Waals surface area (Å²) in [6.07, 6.45) is 9.69. The van der Waals surface area contributed by atoms with Crippen LogP contribution in [0, 0.1) is 6.92 Å². The fraction of sp³-hybridized carbons (Fsp3) is 0.650. The zero-order valence-electron chi connectivity index (χ0n) is 15.7. The minimum absolute atomic E-state index is 0.0487. The number of amides is 3. The van der Waals surface area contributed by atoms with Crippen LogP contribution in [0.5, 0.6) is 0 Å². The zero-order valence-corrected chi connectivity index (χ0v) is 15.7. The summed E-state index contributed by atoms with van der Waals surface area (Å²) in [7, 11) is 0. The molecule has 0 radical (unpaired) electrons. The normalized spacial score (nSPS) is 19.2. The minimum Gasteiger partial charge on any atom is -0.342 e. The Morgan fingerprint density at radius 1 is 1.04 bits per heavy atom. The number of nitrogens with one attached hydrogen (secondary N) is 2. The summed E-state index contributed by atoms with van der Waals surface area (Å²) in [5.74, 6) is 0.140. The second-order valence-electron chi connectivity index (χ2n) is 7.59. The molecule has 2 fully saturated rings. The number of hydrogen-bond donors (Lipinski definition) is 2. The van der Waals surface area contributed by atoms with Crippen LogP contribution in [0.4, 0.5) is 4.79 Å². The zero-order chi connectivity index (χ0) is 18.4. The maximum atomic E-state index is 12.4. The maximum absolute atomic E-state index is 12.4. The summed E-state index contributed by atoms with van der Waals surface area (Å²) >= 11 is 0. The molecule has 1 aromatic rings. The number of nitrogens with zero attached hydrogens (tertiary/aromatic N) is 2. The lowest BCUT2D eigenvalue weighted by Crippen LogP contribution is -2.51. The largest absolute Gasteiger partial charge is 0.342 e. The van der Waals surface area contributed by atoms with Crippen molar-refractivity contribution in [2.24, 2.45) is 0 Å². The van der Waals surface area contributed by atoms with Crippen molar-refractivity contribution in [2.45, 2.75) is 70.4 Å². The van der Waals surface area contributed by atoms with E-state index >= 15 is 0 Å². The van der Waals surface area contributed by atoms with Gasteiger partial charge in [0.05, 0.1) is 6.42 Å². The van der Waals surface area contributed by atoms with Crippen LogP contribution in [-0.2, 0) is 11.2 Å². The summed E-state index contributed by atoms with van der Waals surface area (Å²) in [6.45, 7) is 3.34. The van der Waals surface area contributed by atoms with Crippen LogP contribution >= 0.6 is 0 Å². The molecule has 0 aromatic carbocycles. The Morgan fingerprint density at radius 3 is 2.31 bits per heavy atom. The smallest absolute Gasteiger partial charge is 0.315 e. The van der Waals surface area contributed by atoms with Crippen molar-refractivity contribution >= 4 is 11.9 Å². The number of carbonyl (C=O) groups is 2. The van der Waals surface area contributed by atoms with Crippen LogP contribution in [-0.4, -0.2) is 47.0 Å². The van der Waals surface area contributed by atoms with Crippen molar-refractivity contribution in [2.75, 3.05) is 13.1 Å². The Kier molecular flexibility index (Phi) is 6.47. The number of pyridine rings is 1. The Balaban J connectivity index is 1.38. The molecule has 6 heteroatoms. The van der Waals surface area contributed by atoms with Crippen LogP contribution in [0.1, 0.15) is 56.2 Å². The van der Waals surface area contributed by atoms with Gasteiger partial charge in [-0.3, -0.25) is 9.78 Å². The highest BCUT2D eigenvalue weighted by Crippen LogP contribution is 2.17. The molecule has 3 amide bonds. The van der Waals surface area contributed by atoms with E-state index in [1.54, 1.807) is 6.20 Å². The number of rotatable bonds is 4. The maximum Gasteiger partial charge on any atom is 0.315 e. The van der Waals surface area contributed by atoms with Crippen molar-refractivity contribution in [3.05, 3.63) is 29.6 Å². The van der Waals surface area contributed by atoms with Crippen molar-refractivity contribution in [1.82, 2.24) is 20.5 Å². The van der Waals surface area contributed by atoms with Gasteiger partial charge in [-0.15, -0.1) is 0 Å². The van der Waals surface area contributed by atoms with Gasteiger partial charge in [0, 0.05) is 37.1 Å². The molecule has 0 unspecified atom stereocenters. The topological polar surface area (TPSA) is 74.3 Å². The second-order valence-corrected chi connectivity index (χ2v) is 7.59. The summed E-state index contributed by atoms with van der Waals surface area (Å²) in [6, 6.07) is 4.33. The van der Waals surface area contributed by atoms with Gasteiger partial charge in [0.1, 0.15) is 0 Å². The molecular weight excluding hydrogens is 328 g/mol. The van der Waals surface area contributed by atoms with E-state index in [2.05, 4.69) is 15.6 Å². The van der Waals surface area contributed by atoms with Crippen LogP contribution in [0.2, 0.25) is 0 Å². The van der Waals surface area contributed by atoms with Gasteiger partial charge in [-0.05, 0) is 44.2 Å². The van der Waals surface area contributed by atoms with Gasteiger partial charge in [-0.25, -0.2) is 4.79 Å². The number of likely N-dealkylation sites (tertiary alicyclic amines) is 1. The SMILES string of the molecule is Cc1ccc(CC(=O)N2CCC(NC(=O)NC3CCCCC3)CC2)cn1. The van der Waals surface area contributed by atoms with Crippen LogP contribution in [0.15, 0.2) is 18.3 Å². The first-order valence-corrected chi connectivity index (χ1v) is 9.86. The predicted molar refractivity (Wildman–Crippen MR) is 101 cm³/mol. The molecule has 1 saturated heterocycles. The average molecular weight is 358 g/mol. The number of aryl methyl sites for hydroxylation is 1. The highest BCUT2D eigenvalue weighted by Gasteiger charge is 2.24. The molecule has 1 aliphatic carbocycles. The predicted octanol–water partition coefficient (Wildman–Crippen LogP) is 2.56. The van der Waals surface area contributed by atoms with E-state index < -0.39 is 0 Å². The third-order valence-electron chi connectivity index (χ3n) is 5.45. The Hall–Kier alpha value is -2.11. The molecule has 6 nitrogen and oxygen atoms in total. The standard InChI is InChI=1S/C20H30N4O2/c1-15-7-8-16(14-21-15)13-19(25)24-11-9-18(10-12-24)23-20(26)22-17-5-3-2-4-6-17/h7-8,14,17-18H,2-6,9-13H2,1H3,(H2,22,23,26). The molecule has 1 saturated carbocycles. The number of hydrogen-bond acceptors (Lipinski definition) is 3. The van der Waals surface area contributed by atoms with Crippen LogP contribution < -0.4 is 10.6 Å². The first-order valence-electron chi connectivity index (χ1n) is 9.86. The summed E-state index contributed by atoms with van der Waals surface area (Å²) < 4.78 is 0. The Morgan fingerprint density at radius 2 is 1.69 bits per heavy atom. The van der Waals surface area contributed by atoms with E-state index in [4.69, 9.17) is 0 Å². The number of aromatic nitrogens is 1. The third kappa shape index (κ3) is 5.44. The van der Waals surface area contributed by atoms with Crippen molar-refractivity contribution in [1.29, 1.82) is 0 Å². The molecule has 1 aromatic heterocycles. The highest BCUT2D eigenvalue weighted by molar-refractivity contribution is 5.79. The van der Waals surface area contributed by atoms with Gasteiger partial charge in [0.25, 0.3) is 0 Å². The van der Waals surface area contributed by atoms with Gasteiger partial charge in [-0.1, -0.05) is 25.3 Å². The number of piperidine rings is 1. The Bertz CT molecular complexity index is 603. The molecule has 0 bridgehead atoms. The minimum atomic E-state index is -0.0487. The second kappa shape index (κ2) is 9.01.